The van der Waals surface area contributed by atoms with Gasteiger partial charge in [0.25, 0.3) is 0 Å². The van der Waals surface area contributed by atoms with Crippen molar-refractivity contribution in [2.24, 2.45) is 17.8 Å². The fourth-order valence-electron chi connectivity index (χ4n) is 2.72. The minimum absolute atomic E-state index is 0.981. The lowest BCUT2D eigenvalue weighted by molar-refractivity contribution is 0.209. The second-order valence-corrected chi connectivity index (χ2v) is 5.41. The molecule has 1 saturated carbocycles. The molecule has 1 heteroatoms. The molecular formula is C11H21Br. The van der Waals surface area contributed by atoms with Gasteiger partial charge >= 0.3 is 0 Å². The summed E-state index contributed by atoms with van der Waals surface area (Å²) >= 11 is 3.51. The van der Waals surface area contributed by atoms with Gasteiger partial charge in [-0.05, 0) is 49.9 Å². The molecule has 0 N–H and O–H groups in total. The zero-order valence-electron chi connectivity index (χ0n) is 8.35. The highest BCUT2D eigenvalue weighted by molar-refractivity contribution is 9.09. The Bertz CT molecular complexity index is 112. The molecule has 1 aliphatic carbocycles. The number of hydrogen-bond donors (Lipinski definition) is 0. The van der Waals surface area contributed by atoms with Gasteiger partial charge < -0.3 is 0 Å². The average Bonchev–Trinajstić information content (AvgIpc) is 1.99. The molecule has 1 fully saturated rings. The lowest BCUT2D eigenvalue weighted by Crippen LogP contribution is -2.19. The highest BCUT2D eigenvalue weighted by Gasteiger charge is 2.22. The maximum Gasteiger partial charge on any atom is 0.00314 e. The highest BCUT2D eigenvalue weighted by Crippen LogP contribution is 2.35. The van der Waals surface area contributed by atoms with Crippen LogP contribution in [0.5, 0.6) is 0 Å². The Morgan fingerprint density at radius 1 is 1.08 bits per heavy atom. The largest absolute Gasteiger partial charge is 0.0928 e. The molecule has 0 radical (unpaired) electrons. The van der Waals surface area contributed by atoms with Crippen LogP contribution in [0.2, 0.25) is 0 Å². The van der Waals surface area contributed by atoms with Gasteiger partial charge in [0.2, 0.25) is 0 Å². The summed E-state index contributed by atoms with van der Waals surface area (Å²) in [7, 11) is 0. The predicted octanol–water partition coefficient (Wildman–Crippen LogP) is 4.23. The number of hydrogen-bond acceptors (Lipinski definition) is 0. The monoisotopic (exact) mass is 232 g/mol. The van der Waals surface area contributed by atoms with E-state index in [1.54, 1.807) is 0 Å². The minimum atomic E-state index is 0.981. The number of halogens is 1. The summed E-state index contributed by atoms with van der Waals surface area (Å²) in [6.07, 6.45) is 7.24. The minimum Gasteiger partial charge on any atom is -0.0928 e. The van der Waals surface area contributed by atoms with E-state index in [0.29, 0.717) is 0 Å². The van der Waals surface area contributed by atoms with E-state index in [1.807, 2.05) is 0 Å². The first-order valence-electron chi connectivity index (χ1n) is 5.28. The zero-order chi connectivity index (χ0) is 8.97. The molecule has 12 heavy (non-hydrogen) atoms. The first-order chi connectivity index (χ1) is 5.72. The van der Waals surface area contributed by atoms with Gasteiger partial charge in [-0.2, -0.15) is 0 Å². The van der Waals surface area contributed by atoms with Crippen molar-refractivity contribution in [1.29, 1.82) is 0 Å². The smallest absolute Gasteiger partial charge is 0.00314 e. The number of rotatable bonds is 3. The molecule has 2 atom stereocenters. The number of alkyl halides is 1. The van der Waals surface area contributed by atoms with Crippen molar-refractivity contribution >= 4 is 15.9 Å². The van der Waals surface area contributed by atoms with E-state index in [4.69, 9.17) is 0 Å². The van der Waals surface area contributed by atoms with Crippen LogP contribution in [0.4, 0.5) is 0 Å². The molecule has 0 aromatic heterocycles. The topological polar surface area (TPSA) is 0 Å². The summed E-state index contributed by atoms with van der Waals surface area (Å²) in [6, 6.07) is 0. The Labute approximate surface area is 85.3 Å². The summed E-state index contributed by atoms with van der Waals surface area (Å²) in [5.41, 5.74) is 0. The molecule has 0 spiro atoms. The molecule has 0 aliphatic heterocycles. The molecule has 0 heterocycles. The molecule has 0 bridgehead atoms. The van der Waals surface area contributed by atoms with Crippen LogP contribution in [0, 0.1) is 17.8 Å². The van der Waals surface area contributed by atoms with Gasteiger partial charge in [0.1, 0.15) is 0 Å². The van der Waals surface area contributed by atoms with Crippen molar-refractivity contribution in [1.82, 2.24) is 0 Å². The molecule has 0 saturated heterocycles. The summed E-state index contributed by atoms with van der Waals surface area (Å²) in [6.45, 7) is 4.83. The van der Waals surface area contributed by atoms with Crippen molar-refractivity contribution in [3.05, 3.63) is 0 Å². The van der Waals surface area contributed by atoms with E-state index in [2.05, 4.69) is 29.8 Å². The summed E-state index contributed by atoms with van der Waals surface area (Å²) < 4.78 is 0. The van der Waals surface area contributed by atoms with Gasteiger partial charge in [-0.1, -0.05) is 29.8 Å². The van der Waals surface area contributed by atoms with Crippen LogP contribution in [-0.4, -0.2) is 5.33 Å². The molecule has 0 aromatic carbocycles. The molecule has 0 nitrogen and oxygen atoms in total. The molecule has 1 rings (SSSR count). The maximum absolute atomic E-state index is 3.51. The average molecular weight is 233 g/mol. The summed E-state index contributed by atoms with van der Waals surface area (Å²) in [5.74, 6) is 2.99. The van der Waals surface area contributed by atoms with Gasteiger partial charge in [0.05, 0.1) is 0 Å². The van der Waals surface area contributed by atoms with Gasteiger partial charge in [-0.15, -0.1) is 0 Å². The van der Waals surface area contributed by atoms with E-state index in [1.165, 1.54) is 37.4 Å². The normalized spacial score (nSPS) is 36.8. The van der Waals surface area contributed by atoms with Crippen LogP contribution in [0.1, 0.15) is 46.0 Å². The quantitative estimate of drug-likeness (QED) is 0.640. The van der Waals surface area contributed by atoms with Gasteiger partial charge in [-0.25, -0.2) is 0 Å². The van der Waals surface area contributed by atoms with Crippen LogP contribution >= 0.6 is 15.9 Å². The van der Waals surface area contributed by atoms with Gasteiger partial charge in [-0.3, -0.25) is 0 Å². The third-order valence-corrected chi connectivity index (χ3v) is 3.58. The third kappa shape index (κ3) is 3.47. The van der Waals surface area contributed by atoms with Crippen LogP contribution < -0.4 is 0 Å². The Kier molecular flexibility index (Phi) is 4.63. The van der Waals surface area contributed by atoms with Gasteiger partial charge in [0.15, 0.2) is 0 Å². The standard InChI is InChI=1S/C11H21Br/c1-9-6-10(2)8-11(7-9)4-3-5-12/h9-11H,3-8H2,1-2H3. The Morgan fingerprint density at radius 3 is 2.17 bits per heavy atom. The van der Waals surface area contributed by atoms with Gasteiger partial charge in [0, 0.05) is 5.33 Å². The second-order valence-electron chi connectivity index (χ2n) is 4.61. The van der Waals surface area contributed by atoms with Crippen LogP contribution in [0.3, 0.4) is 0 Å². The second kappa shape index (κ2) is 5.26. The molecule has 72 valence electrons. The van der Waals surface area contributed by atoms with Crippen LogP contribution in [0.15, 0.2) is 0 Å². The molecular weight excluding hydrogens is 212 g/mol. The first-order valence-corrected chi connectivity index (χ1v) is 6.40. The van der Waals surface area contributed by atoms with E-state index in [0.717, 1.165) is 17.8 Å². The lowest BCUT2D eigenvalue weighted by Gasteiger charge is -2.31. The van der Waals surface area contributed by atoms with E-state index in [-0.39, 0.29) is 0 Å². The van der Waals surface area contributed by atoms with Crippen molar-refractivity contribution < 1.29 is 0 Å². The lowest BCUT2D eigenvalue weighted by atomic mass is 9.75. The Balaban J connectivity index is 2.24. The zero-order valence-corrected chi connectivity index (χ0v) is 9.94. The van der Waals surface area contributed by atoms with E-state index >= 15 is 0 Å². The fourth-order valence-corrected chi connectivity index (χ4v) is 3.04. The summed E-state index contributed by atoms with van der Waals surface area (Å²) in [5, 5.41) is 1.19. The fraction of sp³-hybridized carbons (Fsp3) is 1.00. The SMILES string of the molecule is CC1CC(C)CC(CCCBr)C1. The molecule has 0 aromatic rings. The predicted molar refractivity (Wildman–Crippen MR) is 58.7 cm³/mol. The van der Waals surface area contributed by atoms with Crippen LogP contribution in [0.25, 0.3) is 0 Å². The first kappa shape index (κ1) is 10.6. The summed E-state index contributed by atoms with van der Waals surface area (Å²) in [4.78, 5) is 0. The highest BCUT2D eigenvalue weighted by atomic mass is 79.9. The van der Waals surface area contributed by atoms with E-state index < -0.39 is 0 Å². The third-order valence-electron chi connectivity index (χ3n) is 3.02. The van der Waals surface area contributed by atoms with Crippen LogP contribution in [-0.2, 0) is 0 Å². The van der Waals surface area contributed by atoms with Crippen molar-refractivity contribution in [2.45, 2.75) is 46.0 Å². The molecule has 0 amide bonds. The Hall–Kier alpha value is 0.480. The molecule has 2 unspecified atom stereocenters. The van der Waals surface area contributed by atoms with E-state index in [9.17, 15) is 0 Å². The van der Waals surface area contributed by atoms with Crippen molar-refractivity contribution in [2.75, 3.05) is 5.33 Å². The maximum atomic E-state index is 3.51. The van der Waals surface area contributed by atoms with Crippen molar-refractivity contribution in [3.63, 3.8) is 0 Å². The Morgan fingerprint density at radius 2 is 1.67 bits per heavy atom. The van der Waals surface area contributed by atoms with Crippen molar-refractivity contribution in [3.8, 4) is 0 Å². The molecule has 1 aliphatic rings.